The summed E-state index contributed by atoms with van der Waals surface area (Å²) in [6.45, 7) is 0.509. The van der Waals surface area contributed by atoms with Gasteiger partial charge < -0.3 is 10.3 Å². The van der Waals surface area contributed by atoms with Crippen molar-refractivity contribution >= 4 is 11.8 Å². The van der Waals surface area contributed by atoms with Crippen LogP contribution in [0.2, 0.25) is 0 Å². The third-order valence-electron chi connectivity index (χ3n) is 3.40. The summed E-state index contributed by atoms with van der Waals surface area (Å²) in [7, 11) is 0. The van der Waals surface area contributed by atoms with E-state index in [0.29, 0.717) is 12.6 Å². The zero-order valence-corrected chi connectivity index (χ0v) is 10.2. The molecule has 1 aromatic heterocycles. The highest BCUT2D eigenvalue weighted by atomic mass is 32.2. The topological polar surface area (TPSA) is 56.7 Å². The lowest BCUT2D eigenvalue weighted by atomic mass is 10.4. The standard InChI is InChI=1S/C11H18N4S/c12-7-10-13-14-11(15(10)8-5-6-8)16-9-3-1-2-4-9/h8-9H,1-7,12H2. The third-order valence-corrected chi connectivity index (χ3v) is 4.70. The number of thioether (sulfide) groups is 1. The second kappa shape index (κ2) is 4.37. The Kier molecular flexibility index (Phi) is 2.90. The average molecular weight is 238 g/mol. The van der Waals surface area contributed by atoms with E-state index in [2.05, 4.69) is 14.8 Å². The smallest absolute Gasteiger partial charge is 0.191 e. The average Bonchev–Trinajstić information content (AvgIpc) is 2.86. The van der Waals surface area contributed by atoms with Crippen LogP contribution in [0.4, 0.5) is 0 Å². The Morgan fingerprint density at radius 3 is 2.56 bits per heavy atom. The summed E-state index contributed by atoms with van der Waals surface area (Å²) in [6, 6.07) is 0.637. The van der Waals surface area contributed by atoms with E-state index in [-0.39, 0.29) is 0 Å². The number of rotatable bonds is 4. The molecule has 1 heterocycles. The zero-order valence-electron chi connectivity index (χ0n) is 9.43. The third kappa shape index (κ3) is 1.98. The maximum absolute atomic E-state index is 5.71. The lowest BCUT2D eigenvalue weighted by Crippen LogP contribution is -2.09. The SMILES string of the molecule is NCc1nnc(SC2CCCC2)n1C1CC1. The van der Waals surface area contributed by atoms with Crippen molar-refractivity contribution in [3.8, 4) is 0 Å². The summed E-state index contributed by atoms with van der Waals surface area (Å²) < 4.78 is 2.28. The van der Waals surface area contributed by atoms with Gasteiger partial charge in [-0.2, -0.15) is 0 Å². The van der Waals surface area contributed by atoms with Crippen molar-refractivity contribution in [2.24, 2.45) is 5.73 Å². The van der Waals surface area contributed by atoms with Crippen LogP contribution in [0, 0.1) is 0 Å². The van der Waals surface area contributed by atoms with Crippen LogP contribution >= 0.6 is 11.8 Å². The molecular weight excluding hydrogens is 220 g/mol. The molecule has 0 atom stereocenters. The first-order valence-corrected chi connectivity index (χ1v) is 7.07. The fourth-order valence-corrected chi connectivity index (χ4v) is 3.70. The predicted molar refractivity (Wildman–Crippen MR) is 64.3 cm³/mol. The lowest BCUT2D eigenvalue weighted by molar-refractivity contribution is 0.624. The van der Waals surface area contributed by atoms with Crippen LogP contribution in [-0.4, -0.2) is 20.0 Å². The number of hydrogen-bond acceptors (Lipinski definition) is 4. The Morgan fingerprint density at radius 1 is 1.19 bits per heavy atom. The van der Waals surface area contributed by atoms with E-state index in [9.17, 15) is 0 Å². The summed E-state index contributed by atoms with van der Waals surface area (Å²) >= 11 is 1.92. The second-order valence-electron chi connectivity index (χ2n) is 4.73. The molecule has 16 heavy (non-hydrogen) atoms. The zero-order chi connectivity index (χ0) is 11.0. The van der Waals surface area contributed by atoms with Crippen LogP contribution in [0.1, 0.15) is 50.4 Å². The van der Waals surface area contributed by atoms with Gasteiger partial charge in [0.25, 0.3) is 0 Å². The van der Waals surface area contributed by atoms with E-state index < -0.39 is 0 Å². The summed E-state index contributed by atoms with van der Waals surface area (Å²) in [4.78, 5) is 0. The predicted octanol–water partition coefficient (Wildman–Crippen LogP) is 2.11. The van der Waals surface area contributed by atoms with Gasteiger partial charge in [0, 0.05) is 11.3 Å². The molecule has 2 aliphatic carbocycles. The fourth-order valence-electron chi connectivity index (χ4n) is 2.38. The number of hydrogen-bond donors (Lipinski definition) is 1. The molecule has 1 aromatic rings. The molecule has 0 bridgehead atoms. The molecule has 0 saturated heterocycles. The molecule has 0 aliphatic heterocycles. The van der Waals surface area contributed by atoms with Crippen molar-refractivity contribution in [1.29, 1.82) is 0 Å². The van der Waals surface area contributed by atoms with Crippen LogP contribution in [0.25, 0.3) is 0 Å². The summed E-state index contributed by atoms with van der Waals surface area (Å²) in [5.41, 5.74) is 5.71. The highest BCUT2D eigenvalue weighted by molar-refractivity contribution is 7.99. The highest BCUT2D eigenvalue weighted by Crippen LogP contribution is 2.41. The van der Waals surface area contributed by atoms with Gasteiger partial charge in [-0.25, -0.2) is 0 Å². The minimum Gasteiger partial charge on any atom is -0.324 e. The van der Waals surface area contributed by atoms with Crippen molar-refractivity contribution in [3.63, 3.8) is 0 Å². The van der Waals surface area contributed by atoms with E-state index in [1.807, 2.05) is 11.8 Å². The van der Waals surface area contributed by atoms with E-state index in [1.54, 1.807) is 0 Å². The number of nitrogens with two attached hydrogens (primary N) is 1. The highest BCUT2D eigenvalue weighted by Gasteiger charge is 2.30. The van der Waals surface area contributed by atoms with Crippen molar-refractivity contribution in [2.75, 3.05) is 0 Å². The van der Waals surface area contributed by atoms with Crippen molar-refractivity contribution < 1.29 is 0 Å². The molecule has 2 fully saturated rings. The quantitative estimate of drug-likeness (QED) is 0.873. The van der Waals surface area contributed by atoms with E-state index >= 15 is 0 Å². The van der Waals surface area contributed by atoms with Crippen LogP contribution in [0.3, 0.4) is 0 Å². The van der Waals surface area contributed by atoms with E-state index in [4.69, 9.17) is 5.73 Å². The largest absolute Gasteiger partial charge is 0.324 e. The molecule has 0 unspecified atom stereocenters. The van der Waals surface area contributed by atoms with Crippen molar-refractivity contribution in [2.45, 2.75) is 61.5 Å². The first-order chi connectivity index (χ1) is 7.88. The van der Waals surface area contributed by atoms with Crippen molar-refractivity contribution in [3.05, 3.63) is 5.82 Å². The molecule has 4 nitrogen and oxygen atoms in total. The summed E-state index contributed by atoms with van der Waals surface area (Å²) in [5.74, 6) is 0.961. The van der Waals surface area contributed by atoms with Gasteiger partial charge in [-0.3, -0.25) is 0 Å². The van der Waals surface area contributed by atoms with Crippen LogP contribution < -0.4 is 5.73 Å². The van der Waals surface area contributed by atoms with Gasteiger partial charge >= 0.3 is 0 Å². The molecule has 3 rings (SSSR count). The van der Waals surface area contributed by atoms with E-state index in [0.717, 1.165) is 16.2 Å². The van der Waals surface area contributed by atoms with Gasteiger partial charge in [0.1, 0.15) is 5.82 Å². The normalized spacial score (nSPS) is 21.8. The molecule has 2 N–H and O–H groups in total. The molecule has 88 valence electrons. The molecule has 2 saturated carbocycles. The minimum atomic E-state index is 0.509. The Balaban J connectivity index is 1.79. The van der Waals surface area contributed by atoms with Crippen LogP contribution in [-0.2, 0) is 6.54 Å². The van der Waals surface area contributed by atoms with Gasteiger partial charge in [0.2, 0.25) is 0 Å². The Labute approximate surface area is 100.0 Å². The Hall–Kier alpha value is -0.550. The van der Waals surface area contributed by atoms with Gasteiger partial charge in [-0.1, -0.05) is 24.6 Å². The van der Waals surface area contributed by atoms with Crippen LogP contribution in [0.15, 0.2) is 5.16 Å². The first kappa shape index (κ1) is 10.6. The lowest BCUT2D eigenvalue weighted by Gasteiger charge is -2.10. The molecule has 0 spiro atoms. The van der Waals surface area contributed by atoms with Gasteiger partial charge in [-0.15, -0.1) is 10.2 Å². The van der Waals surface area contributed by atoms with Gasteiger partial charge in [0.15, 0.2) is 5.16 Å². The first-order valence-electron chi connectivity index (χ1n) is 6.19. The Bertz CT molecular complexity index is 366. The van der Waals surface area contributed by atoms with Crippen molar-refractivity contribution in [1.82, 2.24) is 14.8 Å². The summed E-state index contributed by atoms with van der Waals surface area (Å²) in [5, 5.41) is 10.4. The molecular formula is C11H18N4S. The number of aromatic nitrogens is 3. The molecule has 0 radical (unpaired) electrons. The Morgan fingerprint density at radius 2 is 1.94 bits per heavy atom. The minimum absolute atomic E-state index is 0.509. The molecule has 0 amide bonds. The molecule has 2 aliphatic rings. The second-order valence-corrected chi connectivity index (χ2v) is 6.00. The summed E-state index contributed by atoms with van der Waals surface area (Å²) in [6.07, 6.45) is 7.95. The molecule has 5 heteroatoms. The number of nitrogens with zero attached hydrogens (tertiary/aromatic N) is 3. The maximum Gasteiger partial charge on any atom is 0.191 e. The fraction of sp³-hybridized carbons (Fsp3) is 0.818. The molecule has 0 aromatic carbocycles. The maximum atomic E-state index is 5.71. The van der Waals surface area contributed by atoms with E-state index in [1.165, 1.54) is 38.5 Å². The van der Waals surface area contributed by atoms with Crippen LogP contribution in [0.5, 0.6) is 0 Å². The monoisotopic (exact) mass is 238 g/mol. The van der Waals surface area contributed by atoms with Gasteiger partial charge in [0.05, 0.1) is 6.54 Å². The van der Waals surface area contributed by atoms with Gasteiger partial charge in [-0.05, 0) is 25.7 Å².